The minimum absolute atomic E-state index is 0.139. The van der Waals surface area contributed by atoms with E-state index in [1.807, 2.05) is 0 Å². The molecule has 0 N–H and O–H groups in total. The zero-order valence-corrected chi connectivity index (χ0v) is 9.77. The van der Waals surface area contributed by atoms with Crippen molar-refractivity contribution in [1.82, 2.24) is 0 Å². The van der Waals surface area contributed by atoms with Crippen LogP contribution in [0, 0.1) is 0 Å². The van der Waals surface area contributed by atoms with E-state index < -0.39 is 0 Å². The van der Waals surface area contributed by atoms with Crippen LogP contribution in [0.5, 0.6) is 0 Å². The first-order valence-corrected chi connectivity index (χ1v) is 4.94. The molecule has 1 nitrogen and oxygen atoms in total. The maximum absolute atomic E-state index is 5.78. The van der Waals surface area contributed by atoms with Crippen LogP contribution >= 0.6 is 58.0 Å². The summed E-state index contributed by atoms with van der Waals surface area (Å²) < 4.78 is -0.139. The molecule has 0 atom stereocenters. The molecule has 0 aliphatic heterocycles. The highest BCUT2D eigenvalue weighted by Gasteiger charge is 2.05. The average molecular weight is 277 g/mol. The standard InChI is InChI=1S/C7H2Cl5N/c8-3-1-5(10)6(2-4(3)9)13-7(11)12/h1-2H. The van der Waals surface area contributed by atoms with Crippen molar-refractivity contribution < 1.29 is 0 Å². The van der Waals surface area contributed by atoms with E-state index in [0.717, 1.165) is 0 Å². The zero-order chi connectivity index (χ0) is 10.0. The fraction of sp³-hybridized carbons (Fsp3) is 0. The van der Waals surface area contributed by atoms with E-state index >= 15 is 0 Å². The van der Waals surface area contributed by atoms with Gasteiger partial charge in [0.1, 0.15) is 0 Å². The normalized spacial score (nSPS) is 9.92. The first kappa shape index (κ1) is 11.4. The summed E-state index contributed by atoms with van der Waals surface area (Å²) in [5.41, 5.74) is 0.385. The molecule has 0 saturated carbocycles. The average Bonchev–Trinajstić information content (AvgIpc) is 1.99. The summed E-state index contributed by atoms with van der Waals surface area (Å²) in [4.78, 5) is 3.73. The van der Waals surface area contributed by atoms with Crippen LogP contribution in [0.3, 0.4) is 0 Å². The molecule has 0 aliphatic carbocycles. The second-order valence-corrected chi connectivity index (χ2v) is 4.20. The van der Waals surface area contributed by atoms with E-state index in [2.05, 4.69) is 4.99 Å². The van der Waals surface area contributed by atoms with Gasteiger partial charge in [-0.15, -0.1) is 0 Å². The molecule has 0 saturated heterocycles. The number of nitrogens with zero attached hydrogens (tertiary/aromatic N) is 1. The number of benzene rings is 1. The van der Waals surface area contributed by atoms with E-state index in [1.54, 1.807) is 0 Å². The van der Waals surface area contributed by atoms with Crippen molar-refractivity contribution in [1.29, 1.82) is 0 Å². The summed E-state index contributed by atoms with van der Waals surface area (Å²) in [7, 11) is 0. The smallest absolute Gasteiger partial charge is 0.197 e. The Labute approximate surface area is 100 Å². The van der Waals surface area contributed by atoms with Gasteiger partial charge in [-0.05, 0) is 35.3 Å². The molecule has 6 heteroatoms. The lowest BCUT2D eigenvalue weighted by molar-refractivity contribution is 1.54. The van der Waals surface area contributed by atoms with Gasteiger partial charge in [-0.25, -0.2) is 4.99 Å². The van der Waals surface area contributed by atoms with Crippen LogP contribution < -0.4 is 0 Å². The van der Waals surface area contributed by atoms with Crippen LogP contribution in [0.25, 0.3) is 0 Å². The summed E-state index contributed by atoms with van der Waals surface area (Å²) in [6.45, 7) is 0. The van der Waals surface area contributed by atoms with E-state index in [1.165, 1.54) is 12.1 Å². The van der Waals surface area contributed by atoms with Gasteiger partial charge in [-0.1, -0.05) is 34.8 Å². The largest absolute Gasteiger partial charge is 0.224 e. The summed E-state index contributed by atoms with van der Waals surface area (Å²) >= 11 is 27.9. The SMILES string of the molecule is ClC(Cl)=Nc1cc(Cl)c(Cl)cc1Cl. The van der Waals surface area contributed by atoms with Gasteiger partial charge in [0, 0.05) is 0 Å². The predicted molar refractivity (Wildman–Crippen MR) is 60.3 cm³/mol. The van der Waals surface area contributed by atoms with Gasteiger partial charge in [0.05, 0.1) is 20.8 Å². The summed E-state index contributed by atoms with van der Waals surface area (Å²) in [5.74, 6) is 0. The van der Waals surface area contributed by atoms with Gasteiger partial charge in [0.25, 0.3) is 0 Å². The molecule has 0 radical (unpaired) electrons. The van der Waals surface area contributed by atoms with E-state index in [4.69, 9.17) is 58.0 Å². The predicted octanol–water partition coefficient (Wildman–Crippen LogP) is 5.11. The number of rotatable bonds is 1. The Bertz CT molecular complexity index is 356. The first-order valence-electron chi connectivity index (χ1n) is 3.05. The number of aliphatic imine (C=N–C) groups is 1. The number of halogens is 5. The molecular formula is C7H2Cl5N. The summed E-state index contributed by atoms with van der Waals surface area (Å²) in [6, 6.07) is 2.96. The van der Waals surface area contributed by atoms with Gasteiger partial charge >= 0.3 is 0 Å². The van der Waals surface area contributed by atoms with Crippen LogP contribution in [0.1, 0.15) is 0 Å². The third-order valence-electron chi connectivity index (χ3n) is 1.19. The van der Waals surface area contributed by atoms with Crippen molar-refractivity contribution in [3.05, 3.63) is 27.2 Å². The maximum atomic E-state index is 5.78. The lowest BCUT2D eigenvalue weighted by Gasteiger charge is -2.00. The Hall–Kier alpha value is 0.340. The fourth-order valence-electron chi connectivity index (χ4n) is 0.689. The molecule has 1 aromatic carbocycles. The molecule has 0 aliphatic rings. The van der Waals surface area contributed by atoms with Crippen LogP contribution in [-0.4, -0.2) is 4.63 Å². The molecule has 0 aromatic heterocycles. The Morgan fingerprint density at radius 3 is 2.00 bits per heavy atom. The summed E-state index contributed by atoms with van der Waals surface area (Å²) in [5, 5.41) is 1.05. The van der Waals surface area contributed by atoms with Crippen LogP contribution in [0.4, 0.5) is 5.69 Å². The van der Waals surface area contributed by atoms with Crippen molar-refractivity contribution in [2.24, 2.45) is 4.99 Å². The third kappa shape index (κ3) is 3.19. The highest BCUT2D eigenvalue weighted by Crippen LogP contribution is 2.34. The lowest BCUT2D eigenvalue weighted by Crippen LogP contribution is -1.75. The number of hydrogen-bond acceptors (Lipinski definition) is 1. The highest BCUT2D eigenvalue weighted by atomic mass is 35.5. The van der Waals surface area contributed by atoms with Crippen molar-refractivity contribution in [2.75, 3.05) is 0 Å². The Kier molecular flexibility index (Phi) is 4.14. The maximum Gasteiger partial charge on any atom is 0.197 e. The van der Waals surface area contributed by atoms with Crippen LogP contribution in [0.15, 0.2) is 17.1 Å². The number of hydrogen-bond donors (Lipinski definition) is 0. The molecule has 1 rings (SSSR count). The van der Waals surface area contributed by atoms with Gasteiger partial charge < -0.3 is 0 Å². The second kappa shape index (κ2) is 4.72. The van der Waals surface area contributed by atoms with Gasteiger partial charge in [0.15, 0.2) is 4.63 Å². The van der Waals surface area contributed by atoms with E-state index in [-0.39, 0.29) is 4.63 Å². The van der Waals surface area contributed by atoms with Crippen molar-refractivity contribution in [3.63, 3.8) is 0 Å². The molecule has 0 unspecified atom stereocenters. The van der Waals surface area contributed by atoms with Crippen LogP contribution in [0.2, 0.25) is 15.1 Å². The molecule has 0 amide bonds. The Morgan fingerprint density at radius 1 is 0.923 bits per heavy atom. The van der Waals surface area contributed by atoms with Gasteiger partial charge in [0.2, 0.25) is 0 Å². The molecule has 0 bridgehead atoms. The highest BCUT2D eigenvalue weighted by molar-refractivity contribution is 6.95. The van der Waals surface area contributed by atoms with Gasteiger partial charge in [-0.2, -0.15) is 0 Å². The van der Waals surface area contributed by atoms with E-state index in [9.17, 15) is 0 Å². The Balaban J connectivity index is 3.24. The minimum Gasteiger partial charge on any atom is -0.224 e. The van der Waals surface area contributed by atoms with Crippen LogP contribution in [-0.2, 0) is 0 Å². The fourth-order valence-corrected chi connectivity index (χ4v) is 1.45. The quantitative estimate of drug-likeness (QED) is 0.499. The molecule has 0 heterocycles. The Morgan fingerprint density at radius 2 is 1.46 bits per heavy atom. The zero-order valence-electron chi connectivity index (χ0n) is 5.99. The minimum atomic E-state index is -0.139. The molecular weight excluding hydrogens is 275 g/mol. The van der Waals surface area contributed by atoms with Crippen molar-refractivity contribution in [3.8, 4) is 0 Å². The molecule has 13 heavy (non-hydrogen) atoms. The molecule has 70 valence electrons. The third-order valence-corrected chi connectivity index (χ3v) is 2.39. The molecule has 0 spiro atoms. The lowest BCUT2D eigenvalue weighted by atomic mass is 10.3. The van der Waals surface area contributed by atoms with Crippen molar-refractivity contribution in [2.45, 2.75) is 0 Å². The molecule has 0 fully saturated rings. The first-order chi connectivity index (χ1) is 6.00. The topological polar surface area (TPSA) is 12.4 Å². The molecule has 1 aromatic rings. The van der Waals surface area contributed by atoms with Crippen molar-refractivity contribution >= 4 is 68.3 Å². The van der Waals surface area contributed by atoms with E-state index in [0.29, 0.717) is 20.8 Å². The monoisotopic (exact) mass is 275 g/mol. The summed E-state index contributed by atoms with van der Waals surface area (Å²) in [6.07, 6.45) is 0. The second-order valence-electron chi connectivity index (χ2n) is 2.07. The van der Waals surface area contributed by atoms with Gasteiger partial charge in [-0.3, -0.25) is 0 Å².